The summed E-state index contributed by atoms with van der Waals surface area (Å²) < 4.78 is 0. The number of rotatable bonds is 2. The van der Waals surface area contributed by atoms with Gasteiger partial charge in [0, 0.05) is 35.8 Å². The second-order valence-corrected chi connectivity index (χ2v) is 5.19. The predicted molar refractivity (Wildman–Crippen MR) is 91.4 cm³/mol. The maximum absolute atomic E-state index is 8.00. The van der Waals surface area contributed by atoms with Gasteiger partial charge in [-0.25, -0.2) is 0 Å². The number of hydrogen-bond donors (Lipinski definition) is 1. The Morgan fingerprint density at radius 3 is 2.43 bits per heavy atom. The maximum Gasteiger partial charge on any atom is 0.189 e. The van der Waals surface area contributed by atoms with Gasteiger partial charge in [0.15, 0.2) is 5.11 Å². The van der Waals surface area contributed by atoms with Crippen molar-refractivity contribution in [2.75, 3.05) is 13.1 Å². The van der Waals surface area contributed by atoms with Gasteiger partial charge in [0.2, 0.25) is 0 Å². The molecule has 2 rings (SSSR count). The first kappa shape index (κ1) is 21.4. The third kappa shape index (κ3) is 8.57. The smallest absolute Gasteiger partial charge is 0.189 e. The van der Waals surface area contributed by atoms with E-state index < -0.39 is 0 Å². The topological polar surface area (TPSA) is 93.0 Å². The van der Waals surface area contributed by atoms with Gasteiger partial charge in [-0.1, -0.05) is 18.9 Å². The van der Waals surface area contributed by atoms with Gasteiger partial charge >= 0.3 is 0 Å². The summed E-state index contributed by atoms with van der Waals surface area (Å²) in [6.45, 7) is 3.99. The Morgan fingerprint density at radius 1 is 1.30 bits per heavy atom. The van der Waals surface area contributed by atoms with E-state index in [9.17, 15) is 0 Å². The van der Waals surface area contributed by atoms with Crippen LogP contribution in [-0.4, -0.2) is 33.8 Å². The second-order valence-electron chi connectivity index (χ2n) is 4.80. The van der Waals surface area contributed by atoms with Gasteiger partial charge in [0.1, 0.15) is 0 Å². The van der Waals surface area contributed by atoms with Crippen LogP contribution in [0, 0.1) is 10.1 Å². The number of pyridine rings is 1. The van der Waals surface area contributed by atoms with Crippen LogP contribution in [0.5, 0.6) is 0 Å². The van der Waals surface area contributed by atoms with E-state index in [1.54, 1.807) is 6.20 Å². The molecule has 0 spiro atoms. The normalized spacial score (nSPS) is 14.5. The first-order chi connectivity index (χ1) is 10.7. The molecule has 2 heterocycles. The van der Waals surface area contributed by atoms with Gasteiger partial charge in [-0.2, -0.15) is 5.10 Å². The van der Waals surface area contributed by atoms with Crippen molar-refractivity contribution in [1.29, 1.82) is 0 Å². The third-order valence-corrected chi connectivity index (χ3v) is 3.60. The summed E-state index contributed by atoms with van der Waals surface area (Å²) in [7, 11) is 0. The number of nitrogens with one attached hydrogen (secondary N) is 1. The van der Waals surface area contributed by atoms with Gasteiger partial charge in [0.05, 0.1) is 11.4 Å². The van der Waals surface area contributed by atoms with Crippen molar-refractivity contribution >= 4 is 23.0 Å². The third-order valence-electron chi connectivity index (χ3n) is 3.25. The molecule has 7 nitrogen and oxygen atoms in total. The van der Waals surface area contributed by atoms with Crippen molar-refractivity contribution in [3.8, 4) is 0 Å². The molecule has 1 saturated heterocycles. The zero-order valence-corrected chi connectivity index (χ0v) is 14.7. The molecule has 0 saturated carbocycles. The van der Waals surface area contributed by atoms with Crippen LogP contribution in [0.15, 0.2) is 34.8 Å². The maximum atomic E-state index is 8.00. The Labute approximate surface area is 151 Å². The summed E-state index contributed by atoms with van der Waals surface area (Å²) in [5.41, 5.74) is 4.70. The van der Waals surface area contributed by atoms with Crippen LogP contribution < -0.4 is 5.43 Å². The number of hydrogen-bond acceptors (Lipinski definition) is 6. The van der Waals surface area contributed by atoms with Crippen molar-refractivity contribution in [2.24, 2.45) is 10.4 Å². The zero-order valence-electron chi connectivity index (χ0n) is 12.9. The summed E-state index contributed by atoms with van der Waals surface area (Å²) in [6.07, 6.45) is 6.79. The summed E-state index contributed by atoms with van der Waals surface area (Å²) in [5, 5.41) is 14.0. The van der Waals surface area contributed by atoms with E-state index in [0.717, 1.165) is 34.9 Å². The van der Waals surface area contributed by atoms with Gasteiger partial charge in [-0.05, 0) is 44.1 Å². The molecule has 1 fully saturated rings. The van der Waals surface area contributed by atoms with Crippen molar-refractivity contribution < 1.29 is 16.5 Å². The Balaban J connectivity index is 0.00000112. The van der Waals surface area contributed by atoms with E-state index in [2.05, 4.69) is 20.4 Å². The molecule has 1 aliphatic rings. The number of thiocarbonyl (C=S) groups is 1. The minimum absolute atomic E-state index is 0. The van der Waals surface area contributed by atoms with E-state index in [1.165, 1.54) is 25.7 Å². The average molecular weight is 381 g/mol. The minimum atomic E-state index is 0. The van der Waals surface area contributed by atoms with E-state index in [-0.39, 0.29) is 16.5 Å². The molecule has 130 valence electrons. The van der Waals surface area contributed by atoms with Crippen molar-refractivity contribution in [3.63, 3.8) is 0 Å². The van der Waals surface area contributed by atoms with E-state index in [1.807, 2.05) is 25.1 Å². The van der Waals surface area contributed by atoms with Gasteiger partial charge in [-0.3, -0.25) is 10.4 Å². The molecular weight excluding hydrogens is 361 g/mol. The molecule has 0 radical (unpaired) electrons. The van der Waals surface area contributed by atoms with Gasteiger partial charge < -0.3 is 15.0 Å². The van der Waals surface area contributed by atoms with E-state index in [0.29, 0.717) is 0 Å². The van der Waals surface area contributed by atoms with Crippen molar-refractivity contribution in [2.45, 2.75) is 32.6 Å². The number of aromatic nitrogens is 1. The van der Waals surface area contributed by atoms with Crippen LogP contribution in [0.3, 0.4) is 0 Å². The van der Waals surface area contributed by atoms with Crippen LogP contribution >= 0.6 is 12.2 Å². The van der Waals surface area contributed by atoms with Gasteiger partial charge in [0.25, 0.3) is 0 Å². The molecule has 1 aliphatic heterocycles. The fraction of sp³-hybridized carbons (Fsp3) is 0.500. The van der Waals surface area contributed by atoms with Gasteiger partial charge in [-0.15, -0.1) is 5.34 Å². The number of hydrazone groups is 1. The molecule has 0 unspecified atom stereocenters. The molecule has 0 aliphatic carbocycles. The molecule has 0 atom stereocenters. The zero-order chi connectivity index (χ0) is 16.2. The van der Waals surface area contributed by atoms with Crippen LogP contribution in [-0.2, 0) is 16.5 Å². The molecule has 1 N–H and O–H groups in total. The summed E-state index contributed by atoms with van der Waals surface area (Å²) >= 11 is 5.39. The second kappa shape index (κ2) is 12.9. The molecule has 1 aromatic rings. The van der Waals surface area contributed by atoms with Crippen LogP contribution in [0.4, 0.5) is 0 Å². The molecule has 23 heavy (non-hydrogen) atoms. The monoisotopic (exact) mass is 380 g/mol. The molecule has 9 heteroatoms. The molecule has 1 aromatic heterocycles. The Bertz CT molecular complexity index is 493. The van der Waals surface area contributed by atoms with E-state index in [4.69, 9.17) is 22.3 Å². The average Bonchev–Trinajstić information content (AvgIpc) is 2.83. The molecular formula is C14H20N5NiO2S-. The largest absolute Gasteiger partial charge is 0.444 e. The number of likely N-dealkylation sites (tertiary alicyclic amines) is 1. The SMILES string of the molecule is CC(=NNC(=S)N1CCCCCC1)c1ccccn1.O=N[O-].[Ni]. The molecule has 0 amide bonds. The first-order valence-electron chi connectivity index (χ1n) is 7.14. The predicted octanol–water partition coefficient (Wildman–Crippen LogP) is 2.80. The van der Waals surface area contributed by atoms with Crippen LogP contribution in [0.1, 0.15) is 38.3 Å². The summed E-state index contributed by atoms with van der Waals surface area (Å²) in [4.78, 5) is 14.5. The first-order valence-corrected chi connectivity index (χ1v) is 7.55. The Kier molecular flexibility index (Phi) is 12.0. The summed E-state index contributed by atoms with van der Waals surface area (Å²) in [5.74, 6) is 0. The minimum Gasteiger partial charge on any atom is -0.444 e. The Morgan fingerprint density at radius 2 is 1.91 bits per heavy atom. The Hall–Kier alpha value is -1.60. The molecule has 0 bridgehead atoms. The van der Waals surface area contributed by atoms with E-state index >= 15 is 0 Å². The summed E-state index contributed by atoms with van der Waals surface area (Å²) in [6, 6.07) is 5.79. The standard InChI is InChI=1S/C14H20N4S.HNO2.Ni/c1-12(13-8-4-5-9-15-13)16-17-14(19)18-10-6-2-3-7-11-18;2-1-3;/h4-5,8-9H,2-3,6-7,10-11H2,1H3,(H,17,19);(H,2,3);/p-1. The van der Waals surface area contributed by atoms with Crippen LogP contribution in [0.2, 0.25) is 0 Å². The molecule has 0 aromatic carbocycles. The van der Waals surface area contributed by atoms with Crippen molar-refractivity contribution in [1.82, 2.24) is 15.3 Å². The quantitative estimate of drug-likeness (QED) is 0.279. The fourth-order valence-corrected chi connectivity index (χ4v) is 2.34. The van der Waals surface area contributed by atoms with Crippen LogP contribution in [0.25, 0.3) is 0 Å². The van der Waals surface area contributed by atoms with Crippen molar-refractivity contribution in [3.05, 3.63) is 40.2 Å². The number of nitrogens with zero attached hydrogens (tertiary/aromatic N) is 4. The fourth-order valence-electron chi connectivity index (χ4n) is 2.11.